The first-order valence-corrected chi connectivity index (χ1v) is 5.24. The predicted octanol–water partition coefficient (Wildman–Crippen LogP) is 1.30. The van der Waals surface area contributed by atoms with Gasteiger partial charge in [0.25, 0.3) is 0 Å². The molecule has 1 aromatic rings. The zero-order valence-electron chi connectivity index (χ0n) is 9.33. The molecular weight excluding hydrogens is 190 g/mol. The molecule has 0 saturated carbocycles. The van der Waals surface area contributed by atoms with Gasteiger partial charge in [0, 0.05) is 13.0 Å². The van der Waals surface area contributed by atoms with Gasteiger partial charge in [-0.25, -0.2) is 0 Å². The monoisotopic (exact) mass is 209 g/mol. The van der Waals surface area contributed by atoms with Crippen LogP contribution in [0.15, 0.2) is 24.3 Å². The second-order valence-corrected chi connectivity index (χ2v) is 4.12. The first kappa shape index (κ1) is 12.0. The summed E-state index contributed by atoms with van der Waals surface area (Å²) < 4.78 is 0. The summed E-state index contributed by atoms with van der Waals surface area (Å²) in [5, 5.41) is 22.4. The van der Waals surface area contributed by atoms with Gasteiger partial charge >= 0.3 is 0 Å². The third-order valence-electron chi connectivity index (χ3n) is 2.25. The van der Waals surface area contributed by atoms with Crippen molar-refractivity contribution in [2.24, 2.45) is 0 Å². The Morgan fingerprint density at radius 3 is 2.73 bits per heavy atom. The van der Waals surface area contributed by atoms with Crippen LogP contribution in [0.4, 0.5) is 0 Å². The fraction of sp³-hybridized carbons (Fsp3) is 0.500. The molecular formula is C12H19NO2. The van der Waals surface area contributed by atoms with E-state index in [1.165, 1.54) is 0 Å². The van der Waals surface area contributed by atoms with E-state index in [4.69, 9.17) is 0 Å². The van der Waals surface area contributed by atoms with Crippen molar-refractivity contribution >= 4 is 0 Å². The lowest BCUT2D eigenvalue weighted by atomic mass is 9.96. The van der Waals surface area contributed by atoms with Crippen LogP contribution >= 0.6 is 0 Å². The third kappa shape index (κ3) is 4.32. The molecule has 1 unspecified atom stereocenters. The lowest BCUT2D eigenvalue weighted by Crippen LogP contribution is -2.39. The van der Waals surface area contributed by atoms with E-state index in [1.54, 1.807) is 25.1 Å². The Morgan fingerprint density at radius 2 is 2.13 bits per heavy atom. The van der Waals surface area contributed by atoms with Crippen LogP contribution in [-0.4, -0.2) is 28.9 Å². The predicted molar refractivity (Wildman–Crippen MR) is 61.0 cm³/mol. The molecule has 3 nitrogen and oxygen atoms in total. The maximum Gasteiger partial charge on any atom is 0.115 e. The zero-order valence-corrected chi connectivity index (χ0v) is 9.33. The zero-order chi connectivity index (χ0) is 11.3. The van der Waals surface area contributed by atoms with E-state index in [1.807, 2.05) is 13.0 Å². The minimum absolute atomic E-state index is 0.242. The number of benzene rings is 1. The van der Waals surface area contributed by atoms with Crippen LogP contribution < -0.4 is 5.32 Å². The van der Waals surface area contributed by atoms with E-state index in [2.05, 4.69) is 5.32 Å². The van der Waals surface area contributed by atoms with Crippen molar-refractivity contribution < 1.29 is 10.2 Å². The van der Waals surface area contributed by atoms with E-state index >= 15 is 0 Å². The first-order valence-electron chi connectivity index (χ1n) is 5.24. The molecule has 84 valence electrons. The van der Waals surface area contributed by atoms with Gasteiger partial charge in [0.2, 0.25) is 0 Å². The minimum Gasteiger partial charge on any atom is -0.508 e. The van der Waals surface area contributed by atoms with Crippen LogP contribution in [0.1, 0.15) is 19.4 Å². The Labute approximate surface area is 90.8 Å². The normalized spacial score (nSPS) is 14.9. The molecule has 0 aliphatic carbocycles. The molecule has 1 rings (SSSR count). The van der Waals surface area contributed by atoms with Crippen LogP contribution in [-0.2, 0) is 6.42 Å². The van der Waals surface area contributed by atoms with Crippen molar-refractivity contribution in [2.75, 3.05) is 13.1 Å². The van der Waals surface area contributed by atoms with E-state index in [0.29, 0.717) is 13.0 Å². The number of rotatable bonds is 5. The Balaban J connectivity index is 2.60. The number of aromatic hydroxyl groups is 1. The lowest BCUT2D eigenvalue weighted by molar-refractivity contribution is 0.0607. The van der Waals surface area contributed by atoms with Gasteiger partial charge in [-0.2, -0.15) is 0 Å². The van der Waals surface area contributed by atoms with E-state index in [9.17, 15) is 10.2 Å². The number of aliphatic hydroxyl groups is 1. The van der Waals surface area contributed by atoms with Gasteiger partial charge in [0.1, 0.15) is 5.75 Å². The molecule has 3 N–H and O–H groups in total. The highest BCUT2D eigenvalue weighted by Crippen LogP contribution is 2.16. The van der Waals surface area contributed by atoms with Crippen molar-refractivity contribution in [3.63, 3.8) is 0 Å². The molecule has 0 bridgehead atoms. The fourth-order valence-electron chi connectivity index (χ4n) is 1.56. The molecule has 0 spiro atoms. The summed E-state index contributed by atoms with van der Waals surface area (Å²) in [7, 11) is 0. The molecule has 0 radical (unpaired) electrons. The maximum atomic E-state index is 10.0. The Morgan fingerprint density at radius 1 is 1.40 bits per heavy atom. The van der Waals surface area contributed by atoms with Crippen molar-refractivity contribution in [1.82, 2.24) is 5.32 Å². The Kier molecular flexibility index (Phi) is 4.12. The molecule has 0 heterocycles. The number of phenols is 1. The molecule has 0 aromatic heterocycles. The summed E-state index contributed by atoms with van der Waals surface area (Å²) in [6, 6.07) is 7.00. The van der Waals surface area contributed by atoms with Gasteiger partial charge in [-0.1, -0.05) is 19.1 Å². The molecule has 0 aliphatic rings. The molecule has 0 saturated heterocycles. The summed E-state index contributed by atoms with van der Waals surface area (Å²) in [5.41, 5.74) is 0.168. The van der Waals surface area contributed by atoms with Crippen LogP contribution in [0, 0.1) is 0 Å². The first-order chi connectivity index (χ1) is 7.03. The number of likely N-dealkylation sites (N-methyl/N-ethyl adjacent to an activating group) is 1. The highest BCUT2D eigenvalue weighted by Gasteiger charge is 2.20. The number of phenolic OH excluding ortho intramolecular Hbond substituents is 1. The SMILES string of the molecule is CCNCC(C)(O)Cc1cccc(O)c1. The van der Waals surface area contributed by atoms with Gasteiger partial charge in [-0.15, -0.1) is 0 Å². The second kappa shape index (κ2) is 5.14. The number of hydrogen-bond donors (Lipinski definition) is 3. The summed E-state index contributed by atoms with van der Waals surface area (Å²) in [6.07, 6.45) is 0.536. The highest BCUT2D eigenvalue weighted by molar-refractivity contribution is 5.28. The molecule has 1 aromatic carbocycles. The van der Waals surface area contributed by atoms with Gasteiger partial charge in [-0.3, -0.25) is 0 Å². The van der Waals surface area contributed by atoms with Crippen molar-refractivity contribution in [3.8, 4) is 5.75 Å². The Hall–Kier alpha value is -1.06. The van der Waals surface area contributed by atoms with Crippen LogP contribution in [0.25, 0.3) is 0 Å². The summed E-state index contributed by atoms with van der Waals surface area (Å²) in [5.74, 6) is 0.242. The second-order valence-electron chi connectivity index (χ2n) is 4.12. The molecule has 3 heteroatoms. The summed E-state index contributed by atoms with van der Waals surface area (Å²) >= 11 is 0. The largest absolute Gasteiger partial charge is 0.508 e. The van der Waals surface area contributed by atoms with Crippen LogP contribution in [0.5, 0.6) is 5.75 Å². The smallest absolute Gasteiger partial charge is 0.115 e. The molecule has 0 amide bonds. The van der Waals surface area contributed by atoms with Crippen LogP contribution in [0.2, 0.25) is 0 Å². The number of nitrogens with one attached hydrogen (secondary N) is 1. The van der Waals surface area contributed by atoms with E-state index in [0.717, 1.165) is 12.1 Å². The standard InChI is InChI=1S/C12H19NO2/c1-3-13-9-12(2,15)8-10-5-4-6-11(14)7-10/h4-7,13-15H,3,8-9H2,1-2H3. The summed E-state index contributed by atoms with van der Waals surface area (Å²) in [6.45, 7) is 5.19. The molecule has 0 aliphatic heterocycles. The topological polar surface area (TPSA) is 52.5 Å². The van der Waals surface area contributed by atoms with Gasteiger partial charge in [0.15, 0.2) is 0 Å². The van der Waals surface area contributed by atoms with E-state index in [-0.39, 0.29) is 5.75 Å². The maximum absolute atomic E-state index is 10.0. The quantitative estimate of drug-likeness (QED) is 0.685. The van der Waals surface area contributed by atoms with Crippen molar-refractivity contribution in [1.29, 1.82) is 0 Å². The third-order valence-corrected chi connectivity index (χ3v) is 2.25. The van der Waals surface area contributed by atoms with E-state index < -0.39 is 5.60 Å². The van der Waals surface area contributed by atoms with Gasteiger partial charge < -0.3 is 15.5 Å². The minimum atomic E-state index is -0.774. The van der Waals surface area contributed by atoms with Gasteiger partial charge in [-0.05, 0) is 31.2 Å². The fourth-order valence-corrected chi connectivity index (χ4v) is 1.56. The van der Waals surface area contributed by atoms with Crippen LogP contribution in [0.3, 0.4) is 0 Å². The molecule has 15 heavy (non-hydrogen) atoms. The average Bonchev–Trinajstić information content (AvgIpc) is 2.14. The molecule has 1 atom stereocenters. The Bertz CT molecular complexity index is 310. The van der Waals surface area contributed by atoms with Crippen molar-refractivity contribution in [2.45, 2.75) is 25.9 Å². The highest BCUT2D eigenvalue weighted by atomic mass is 16.3. The lowest BCUT2D eigenvalue weighted by Gasteiger charge is -2.23. The summed E-state index contributed by atoms with van der Waals surface area (Å²) in [4.78, 5) is 0. The van der Waals surface area contributed by atoms with Gasteiger partial charge in [0.05, 0.1) is 5.60 Å². The average molecular weight is 209 g/mol. The number of hydrogen-bond acceptors (Lipinski definition) is 3. The molecule has 0 fully saturated rings. The van der Waals surface area contributed by atoms with Crippen molar-refractivity contribution in [3.05, 3.63) is 29.8 Å².